The van der Waals surface area contributed by atoms with Crippen molar-refractivity contribution >= 4 is 0 Å². The van der Waals surface area contributed by atoms with Gasteiger partial charge in [0.15, 0.2) is 0 Å². The average molecular weight is 372 g/mol. The van der Waals surface area contributed by atoms with Crippen LogP contribution in [0.4, 0.5) is 0 Å². The summed E-state index contributed by atoms with van der Waals surface area (Å²) in [6, 6.07) is 0. The first-order chi connectivity index (χ1) is 8.29. The normalized spacial score (nSPS) is 5.71. The number of hydrogen-bond acceptors (Lipinski definition) is 0. The van der Waals surface area contributed by atoms with Crippen LogP contribution in [-0.4, -0.2) is 5.48 Å². The van der Waals surface area contributed by atoms with E-state index in [4.69, 9.17) is 0 Å². The van der Waals surface area contributed by atoms with Crippen molar-refractivity contribution in [1.29, 1.82) is 0 Å². The Morgan fingerprint density at radius 2 is 0.571 bits per heavy atom. The van der Waals surface area contributed by atoms with Crippen molar-refractivity contribution in [1.82, 2.24) is 0 Å². The van der Waals surface area contributed by atoms with Gasteiger partial charge < -0.3 is 45.0 Å². The van der Waals surface area contributed by atoms with E-state index in [0.717, 1.165) is 12.8 Å². The predicted molar refractivity (Wildman–Crippen MR) is 97.5 cm³/mol. The Morgan fingerprint density at radius 3 is 0.571 bits per heavy atom. The van der Waals surface area contributed by atoms with Gasteiger partial charge in [0.1, 0.15) is 0 Å². The summed E-state index contributed by atoms with van der Waals surface area (Å²) < 4.78 is 0. The maximum Gasteiger partial charge on any atom is 3.00 e. The Labute approximate surface area is 169 Å². The van der Waals surface area contributed by atoms with Crippen molar-refractivity contribution in [2.45, 2.75) is 82.1 Å². The van der Waals surface area contributed by atoms with Gasteiger partial charge in [-0.3, -0.25) is 0 Å². The molecule has 130 valence electrons. The summed E-state index contributed by atoms with van der Waals surface area (Å²) in [5.41, 5.74) is 0. The zero-order valence-corrected chi connectivity index (χ0v) is 19.9. The van der Waals surface area contributed by atoms with Gasteiger partial charge in [0.25, 0.3) is 0 Å². The van der Waals surface area contributed by atoms with E-state index in [1.807, 2.05) is 13.8 Å². The first-order valence-electron chi connectivity index (χ1n) is 6.83. The van der Waals surface area contributed by atoms with E-state index in [1.165, 1.54) is 11.8 Å². The molecule has 0 spiro atoms. The Hall–Kier alpha value is 1.39. The van der Waals surface area contributed by atoms with E-state index < -0.39 is 0 Å². The van der Waals surface area contributed by atoms with Gasteiger partial charge in [-0.2, -0.15) is 68.2 Å². The summed E-state index contributed by atoms with van der Waals surface area (Å²) in [6.07, 6.45) is 2.00. The van der Waals surface area contributed by atoms with Gasteiger partial charge in [-0.1, -0.05) is 13.8 Å². The van der Waals surface area contributed by atoms with Gasteiger partial charge in [-0.25, -0.2) is 0 Å². The number of hydrogen-bond donors (Lipinski definition) is 0. The second-order valence-corrected chi connectivity index (χ2v) is 4.00. The van der Waals surface area contributed by atoms with Crippen molar-refractivity contribution in [2.75, 3.05) is 0 Å². The summed E-state index contributed by atoms with van der Waals surface area (Å²) in [7, 11) is 0. The zero-order valence-electron chi connectivity index (χ0n) is 16.7. The summed E-state index contributed by atoms with van der Waals surface area (Å²) in [5, 5.41) is 0. The first-order valence-corrected chi connectivity index (χ1v) is 6.83. The molecule has 0 aromatic heterocycles. The fourth-order valence-corrected chi connectivity index (χ4v) is 0. The Bertz CT molecular complexity index is 45.7. The molecule has 3 heteroatoms. The first kappa shape index (κ1) is 57.1. The third-order valence-electron chi connectivity index (χ3n) is 0. The summed E-state index contributed by atoms with van der Waals surface area (Å²) >= 11 is 0. The van der Waals surface area contributed by atoms with Crippen LogP contribution < -0.4 is 0 Å². The standard InChI is InChI=1S/2C4H9.2C3H7.2C2H5.H2O.2Ti/c2*1-4(2)3;2*1-3-2;2*1-2;;;/h2*1-3H3;2*1,3H2,2H3;2*1H2,2H3;1H2;;/q6*-1;;2*+3. The van der Waals surface area contributed by atoms with Crippen LogP contribution in [0.5, 0.6) is 0 Å². The molecule has 0 aliphatic rings. The zero-order chi connectivity index (χ0) is 16.6. The monoisotopic (exact) mass is 372 g/mol. The van der Waals surface area contributed by atoms with E-state index >= 15 is 0 Å². The van der Waals surface area contributed by atoms with E-state index in [1.54, 1.807) is 13.8 Å². The summed E-state index contributed by atoms with van der Waals surface area (Å²) in [5.74, 6) is 2.83. The van der Waals surface area contributed by atoms with Crippen LogP contribution in [0.1, 0.15) is 82.1 Å². The van der Waals surface area contributed by atoms with Crippen LogP contribution in [-0.2, 0) is 43.4 Å². The molecule has 0 amide bonds. The van der Waals surface area contributed by atoms with Crippen molar-refractivity contribution in [3.63, 3.8) is 0 Å². The van der Waals surface area contributed by atoms with Gasteiger partial charge >= 0.3 is 43.4 Å². The minimum atomic E-state index is 0. The fraction of sp³-hybridized carbons (Fsp3) is 0.667. The molecule has 0 rings (SSSR count). The molecule has 0 aromatic rings. The Morgan fingerprint density at radius 1 is 0.571 bits per heavy atom. The molecular formula is C18H44OTi2. The van der Waals surface area contributed by atoms with Crippen LogP contribution in [0.3, 0.4) is 0 Å². The molecule has 0 aromatic carbocycles. The molecular weight excluding hydrogens is 328 g/mol. The summed E-state index contributed by atoms with van der Waals surface area (Å²) in [4.78, 5) is 0. The van der Waals surface area contributed by atoms with Crippen molar-refractivity contribution in [2.24, 2.45) is 0 Å². The molecule has 0 saturated heterocycles. The maximum absolute atomic E-state index is 3.49. The third-order valence-corrected chi connectivity index (χ3v) is 0. The quantitative estimate of drug-likeness (QED) is 0.341. The molecule has 0 aliphatic carbocycles. The second-order valence-electron chi connectivity index (χ2n) is 4.00. The van der Waals surface area contributed by atoms with Crippen LogP contribution in [0.15, 0.2) is 0 Å². The van der Waals surface area contributed by atoms with Gasteiger partial charge in [0.2, 0.25) is 0 Å². The van der Waals surface area contributed by atoms with Crippen molar-refractivity contribution in [3.8, 4) is 0 Å². The van der Waals surface area contributed by atoms with Gasteiger partial charge in [-0.05, 0) is 0 Å². The molecule has 2 N–H and O–H groups in total. The topological polar surface area (TPSA) is 31.5 Å². The van der Waals surface area contributed by atoms with Gasteiger partial charge in [-0.15, -0.1) is 0 Å². The molecule has 2 radical (unpaired) electrons. The Kier molecular flexibility index (Phi) is 274. The van der Waals surface area contributed by atoms with E-state index in [2.05, 4.69) is 69.2 Å². The van der Waals surface area contributed by atoms with E-state index in [-0.39, 0.29) is 48.9 Å². The van der Waals surface area contributed by atoms with Crippen molar-refractivity contribution in [3.05, 3.63) is 39.5 Å². The minimum Gasteiger partial charge on any atom is -0.412 e. The fourth-order valence-electron chi connectivity index (χ4n) is 0. The van der Waals surface area contributed by atoms with Crippen LogP contribution >= 0.6 is 0 Å². The second kappa shape index (κ2) is 101. The van der Waals surface area contributed by atoms with Crippen LogP contribution in [0, 0.1) is 39.5 Å². The number of rotatable bonds is 0. The molecule has 0 heterocycles. The SMILES string of the molecule is C[C-](C)C.C[C-](C)C.O.[CH2-]C.[CH2-]C.[CH2-]CC.[CH2-]CC.[Ti+3].[Ti+3]. The van der Waals surface area contributed by atoms with E-state index in [9.17, 15) is 0 Å². The van der Waals surface area contributed by atoms with Crippen LogP contribution in [0.25, 0.3) is 0 Å². The van der Waals surface area contributed by atoms with Gasteiger partial charge in [0.05, 0.1) is 0 Å². The molecule has 1 nitrogen and oxygen atoms in total. The molecule has 0 bridgehead atoms. The molecule has 0 atom stereocenters. The third kappa shape index (κ3) is 4170. The van der Waals surface area contributed by atoms with Crippen LogP contribution in [0.2, 0.25) is 0 Å². The molecule has 0 saturated carbocycles. The van der Waals surface area contributed by atoms with Crippen molar-refractivity contribution < 1.29 is 48.9 Å². The smallest absolute Gasteiger partial charge is 0.412 e. The molecule has 0 fully saturated rings. The largest absolute Gasteiger partial charge is 3.00 e. The predicted octanol–water partition coefficient (Wildman–Crippen LogP) is 6.55. The Balaban J connectivity index is -0.0000000117. The summed E-state index contributed by atoms with van der Waals surface area (Å²) in [6.45, 7) is 33.5. The molecule has 0 aliphatic heterocycles. The van der Waals surface area contributed by atoms with E-state index in [0.29, 0.717) is 0 Å². The van der Waals surface area contributed by atoms with Gasteiger partial charge in [0, 0.05) is 0 Å². The average Bonchev–Trinajstić information content (AvgIpc) is 2.23. The maximum atomic E-state index is 3.49. The molecule has 21 heavy (non-hydrogen) atoms. The molecule has 0 unspecified atom stereocenters. The minimum absolute atomic E-state index is 0.